The summed E-state index contributed by atoms with van der Waals surface area (Å²) >= 11 is 1.67. The first-order valence-electron chi connectivity index (χ1n) is 7.03. The Morgan fingerprint density at radius 2 is 2.35 bits per heavy atom. The van der Waals surface area contributed by atoms with Crippen molar-refractivity contribution in [3.05, 3.63) is 35.0 Å². The average Bonchev–Trinajstić information content (AvgIpc) is 2.99. The van der Waals surface area contributed by atoms with Gasteiger partial charge in [0.2, 0.25) is 0 Å². The first kappa shape index (κ1) is 15.1. The Bertz CT molecular complexity index is 412. The maximum absolute atomic E-state index is 12.0. The fraction of sp³-hybridized carbons (Fsp3) is 0.533. The topological polar surface area (TPSA) is 41.6 Å². The largest absolute Gasteiger partial charge is 0.377 e. The van der Waals surface area contributed by atoms with Gasteiger partial charge in [0.25, 0.3) is 0 Å². The molecule has 5 heteroatoms. The number of urea groups is 1. The Kier molecular flexibility index (Phi) is 6.08. The summed E-state index contributed by atoms with van der Waals surface area (Å²) in [4.78, 5) is 15.1. The molecule has 1 aromatic rings. The second-order valence-electron chi connectivity index (χ2n) is 4.99. The van der Waals surface area contributed by atoms with E-state index in [0.29, 0.717) is 19.1 Å². The van der Waals surface area contributed by atoms with Crippen molar-refractivity contribution < 1.29 is 9.53 Å². The van der Waals surface area contributed by atoms with Crippen LogP contribution in [0.4, 0.5) is 4.79 Å². The van der Waals surface area contributed by atoms with Crippen molar-refractivity contribution in [2.45, 2.75) is 19.4 Å². The number of likely N-dealkylation sites (tertiary alicyclic amines) is 1. The predicted molar refractivity (Wildman–Crippen MR) is 81.9 cm³/mol. The van der Waals surface area contributed by atoms with Crippen molar-refractivity contribution in [1.82, 2.24) is 10.2 Å². The lowest BCUT2D eigenvalue weighted by Crippen LogP contribution is -2.44. The lowest BCUT2D eigenvalue weighted by Gasteiger charge is -2.31. The van der Waals surface area contributed by atoms with Crippen molar-refractivity contribution in [2.24, 2.45) is 5.92 Å². The highest BCUT2D eigenvalue weighted by Crippen LogP contribution is 2.17. The summed E-state index contributed by atoms with van der Waals surface area (Å²) in [5.41, 5.74) is 0. The summed E-state index contributed by atoms with van der Waals surface area (Å²) < 4.78 is 5.48. The van der Waals surface area contributed by atoms with Crippen LogP contribution < -0.4 is 5.32 Å². The van der Waals surface area contributed by atoms with E-state index >= 15 is 0 Å². The molecular formula is C15H22N2O2S. The fourth-order valence-electron chi connectivity index (χ4n) is 2.31. The van der Waals surface area contributed by atoms with Gasteiger partial charge in [-0.1, -0.05) is 12.1 Å². The van der Waals surface area contributed by atoms with Gasteiger partial charge < -0.3 is 15.0 Å². The van der Waals surface area contributed by atoms with Crippen molar-refractivity contribution in [3.63, 3.8) is 0 Å². The van der Waals surface area contributed by atoms with Gasteiger partial charge in [-0.2, -0.15) is 0 Å². The molecular weight excluding hydrogens is 272 g/mol. The van der Waals surface area contributed by atoms with Crippen molar-refractivity contribution >= 4 is 17.4 Å². The highest BCUT2D eigenvalue weighted by atomic mass is 32.1. The highest BCUT2D eigenvalue weighted by Gasteiger charge is 2.22. The molecule has 2 amide bonds. The second-order valence-corrected chi connectivity index (χ2v) is 6.03. The number of piperidine rings is 1. The monoisotopic (exact) mass is 294 g/mol. The lowest BCUT2D eigenvalue weighted by atomic mass is 9.98. The summed E-state index contributed by atoms with van der Waals surface area (Å²) in [5, 5.41) is 5.00. The number of carbonyl (C=O) groups is 1. The molecule has 2 heterocycles. The Balaban J connectivity index is 1.65. The number of hydrogen-bond donors (Lipinski definition) is 1. The maximum atomic E-state index is 12.0. The van der Waals surface area contributed by atoms with Gasteiger partial charge in [0.15, 0.2) is 0 Å². The minimum absolute atomic E-state index is 0.0452. The molecule has 110 valence electrons. The van der Waals surface area contributed by atoms with Gasteiger partial charge in [-0.15, -0.1) is 17.9 Å². The smallest absolute Gasteiger partial charge is 0.317 e. The van der Waals surface area contributed by atoms with E-state index in [2.05, 4.69) is 11.9 Å². The molecule has 0 spiro atoms. The number of nitrogens with one attached hydrogen (secondary N) is 1. The minimum Gasteiger partial charge on any atom is -0.377 e. The van der Waals surface area contributed by atoms with E-state index in [1.54, 1.807) is 17.4 Å². The van der Waals surface area contributed by atoms with Crippen LogP contribution in [0.2, 0.25) is 0 Å². The van der Waals surface area contributed by atoms with E-state index < -0.39 is 0 Å². The van der Waals surface area contributed by atoms with Crippen molar-refractivity contribution in [2.75, 3.05) is 26.3 Å². The third kappa shape index (κ3) is 4.65. The van der Waals surface area contributed by atoms with E-state index in [1.165, 1.54) is 4.88 Å². The zero-order valence-electron chi connectivity index (χ0n) is 11.7. The van der Waals surface area contributed by atoms with Crippen LogP contribution in [0.5, 0.6) is 0 Å². The van der Waals surface area contributed by atoms with Gasteiger partial charge in [-0.3, -0.25) is 0 Å². The zero-order valence-corrected chi connectivity index (χ0v) is 12.5. The summed E-state index contributed by atoms with van der Waals surface area (Å²) in [6.45, 7) is 7.28. The first-order valence-corrected chi connectivity index (χ1v) is 7.91. The molecule has 20 heavy (non-hydrogen) atoms. The maximum Gasteiger partial charge on any atom is 0.317 e. The minimum atomic E-state index is 0.0452. The summed E-state index contributed by atoms with van der Waals surface area (Å²) in [6.07, 6.45) is 3.81. The fourth-order valence-corrected chi connectivity index (χ4v) is 2.95. The molecule has 0 bridgehead atoms. The van der Waals surface area contributed by atoms with Gasteiger partial charge in [0.05, 0.1) is 13.2 Å². The van der Waals surface area contributed by atoms with Crippen LogP contribution in [0.15, 0.2) is 30.2 Å². The SMILES string of the molecule is C=CCOCC1CCN(C(=O)NCc2cccs2)CC1. The molecule has 1 fully saturated rings. The van der Waals surface area contributed by atoms with E-state index in [-0.39, 0.29) is 6.03 Å². The van der Waals surface area contributed by atoms with Crippen LogP contribution in [0.25, 0.3) is 0 Å². The summed E-state index contributed by atoms with van der Waals surface area (Å²) in [5.74, 6) is 0.566. The van der Waals surface area contributed by atoms with Crippen LogP contribution in [0.3, 0.4) is 0 Å². The summed E-state index contributed by atoms with van der Waals surface area (Å²) in [7, 11) is 0. The first-order chi connectivity index (χ1) is 9.79. The molecule has 0 aromatic carbocycles. The normalized spacial score (nSPS) is 16.1. The Morgan fingerprint density at radius 3 is 3.00 bits per heavy atom. The molecule has 0 unspecified atom stereocenters. The standard InChI is InChI=1S/C15H22N2O2S/c1-2-9-19-12-13-5-7-17(8-6-13)15(18)16-11-14-4-3-10-20-14/h2-4,10,13H,1,5-9,11-12H2,(H,16,18). The number of ether oxygens (including phenoxy) is 1. The van der Waals surface area contributed by atoms with Gasteiger partial charge in [0, 0.05) is 24.6 Å². The molecule has 2 rings (SSSR count). The molecule has 1 aliphatic rings. The van der Waals surface area contributed by atoms with Crippen LogP contribution in [0, 0.1) is 5.92 Å². The Morgan fingerprint density at radius 1 is 1.55 bits per heavy atom. The molecule has 1 N–H and O–H groups in total. The van der Waals surface area contributed by atoms with Crippen molar-refractivity contribution in [1.29, 1.82) is 0 Å². The number of nitrogens with zero attached hydrogens (tertiary/aromatic N) is 1. The van der Waals surface area contributed by atoms with Crippen LogP contribution in [-0.4, -0.2) is 37.2 Å². The molecule has 4 nitrogen and oxygen atoms in total. The molecule has 1 aromatic heterocycles. The number of hydrogen-bond acceptors (Lipinski definition) is 3. The molecule has 0 radical (unpaired) electrons. The van der Waals surface area contributed by atoms with E-state index in [4.69, 9.17) is 4.74 Å². The third-order valence-electron chi connectivity index (χ3n) is 3.48. The van der Waals surface area contributed by atoms with Gasteiger partial charge in [-0.25, -0.2) is 4.79 Å². The van der Waals surface area contributed by atoms with Crippen LogP contribution in [0.1, 0.15) is 17.7 Å². The molecule has 1 aliphatic heterocycles. The van der Waals surface area contributed by atoms with E-state index in [9.17, 15) is 4.79 Å². The predicted octanol–water partition coefficient (Wildman–Crippen LogP) is 2.87. The number of rotatable bonds is 6. The Labute approximate surface area is 124 Å². The Hall–Kier alpha value is -1.33. The van der Waals surface area contributed by atoms with E-state index in [0.717, 1.165) is 32.5 Å². The van der Waals surface area contributed by atoms with Gasteiger partial charge >= 0.3 is 6.03 Å². The van der Waals surface area contributed by atoms with Crippen LogP contribution >= 0.6 is 11.3 Å². The number of amides is 2. The molecule has 0 saturated carbocycles. The third-order valence-corrected chi connectivity index (χ3v) is 4.36. The second kappa shape index (κ2) is 8.07. The van der Waals surface area contributed by atoms with Crippen LogP contribution in [-0.2, 0) is 11.3 Å². The molecule has 1 saturated heterocycles. The van der Waals surface area contributed by atoms with Crippen molar-refractivity contribution in [3.8, 4) is 0 Å². The van der Waals surface area contributed by atoms with Gasteiger partial charge in [0.1, 0.15) is 0 Å². The number of carbonyl (C=O) groups excluding carboxylic acids is 1. The average molecular weight is 294 g/mol. The quantitative estimate of drug-likeness (QED) is 0.647. The number of thiophene rings is 1. The molecule has 0 aliphatic carbocycles. The highest BCUT2D eigenvalue weighted by molar-refractivity contribution is 7.09. The zero-order chi connectivity index (χ0) is 14.2. The van der Waals surface area contributed by atoms with Gasteiger partial charge in [-0.05, 0) is 30.2 Å². The van der Waals surface area contributed by atoms with E-state index in [1.807, 2.05) is 22.4 Å². The lowest BCUT2D eigenvalue weighted by molar-refractivity contribution is 0.0886. The summed E-state index contributed by atoms with van der Waals surface area (Å²) in [6, 6.07) is 4.08. The molecule has 0 atom stereocenters.